The van der Waals surface area contributed by atoms with Crippen LogP contribution in [-0.4, -0.2) is 22.6 Å². The van der Waals surface area contributed by atoms with Crippen LogP contribution in [0.1, 0.15) is 41.5 Å². The number of esters is 1. The van der Waals surface area contributed by atoms with Gasteiger partial charge >= 0.3 is 11.9 Å². The number of hydrogen-bond donors (Lipinski definition) is 1. The van der Waals surface area contributed by atoms with Crippen LogP contribution in [-0.2, 0) is 4.74 Å². The van der Waals surface area contributed by atoms with Crippen molar-refractivity contribution in [1.29, 1.82) is 0 Å². The second-order valence-corrected chi connectivity index (χ2v) is 4.91. The number of aromatic carboxylic acids is 1. The van der Waals surface area contributed by atoms with Crippen molar-refractivity contribution in [3.05, 3.63) is 34.3 Å². The van der Waals surface area contributed by atoms with Crippen LogP contribution < -0.4 is 0 Å². The highest BCUT2D eigenvalue weighted by Crippen LogP contribution is 2.19. The molecule has 4 nitrogen and oxygen atoms in total. The topological polar surface area (TPSA) is 63.6 Å². The van der Waals surface area contributed by atoms with E-state index in [0.29, 0.717) is 0 Å². The molecule has 0 spiro atoms. The van der Waals surface area contributed by atoms with Crippen LogP contribution in [0, 0.1) is 0 Å². The maximum Gasteiger partial charge on any atom is 0.338 e. The highest BCUT2D eigenvalue weighted by molar-refractivity contribution is 6.33. The molecular formula is C12H13ClO4. The van der Waals surface area contributed by atoms with Crippen molar-refractivity contribution in [3.8, 4) is 0 Å². The van der Waals surface area contributed by atoms with E-state index in [1.807, 2.05) is 0 Å². The monoisotopic (exact) mass is 256 g/mol. The molecule has 17 heavy (non-hydrogen) atoms. The van der Waals surface area contributed by atoms with Gasteiger partial charge in [-0.2, -0.15) is 0 Å². The first-order valence-electron chi connectivity index (χ1n) is 4.97. The van der Waals surface area contributed by atoms with E-state index in [2.05, 4.69) is 0 Å². The lowest BCUT2D eigenvalue weighted by Crippen LogP contribution is -2.24. The van der Waals surface area contributed by atoms with Crippen LogP contribution in [0.4, 0.5) is 0 Å². The van der Waals surface area contributed by atoms with Crippen LogP contribution >= 0.6 is 11.6 Å². The van der Waals surface area contributed by atoms with Gasteiger partial charge in [0.1, 0.15) is 5.60 Å². The van der Waals surface area contributed by atoms with Crippen LogP contribution in [0.25, 0.3) is 0 Å². The zero-order chi connectivity index (χ0) is 13.2. The van der Waals surface area contributed by atoms with E-state index in [9.17, 15) is 9.59 Å². The summed E-state index contributed by atoms with van der Waals surface area (Å²) in [6, 6.07) is 4.01. The summed E-state index contributed by atoms with van der Waals surface area (Å²) in [4.78, 5) is 22.5. The number of carbonyl (C=O) groups excluding carboxylic acids is 1. The molecule has 0 aliphatic rings. The standard InChI is InChI=1S/C12H13ClO4/c1-12(2,3)17-11(16)7-4-5-9(13)8(6-7)10(14)15/h4-6H,1-3H3,(H,14,15). The smallest absolute Gasteiger partial charge is 0.338 e. The van der Waals surface area contributed by atoms with E-state index in [1.165, 1.54) is 18.2 Å². The van der Waals surface area contributed by atoms with Gasteiger partial charge in [-0.25, -0.2) is 9.59 Å². The predicted octanol–water partition coefficient (Wildman–Crippen LogP) is 2.99. The lowest BCUT2D eigenvalue weighted by molar-refractivity contribution is 0.00695. The average molecular weight is 257 g/mol. The molecule has 0 aromatic heterocycles. The molecule has 0 saturated heterocycles. The largest absolute Gasteiger partial charge is 0.478 e. The highest BCUT2D eigenvalue weighted by Gasteiger charge is 2.19. The van der Waals surface area contributed by atoms with E-state index in [-0.39, 0.29) is 16.1 Å². The molecule has 5 heteroatoms. The Hall–Kier alpha value is -1.55. The summed E-state index contributed by atoms with van der Waals surface area (Å²) in [6.07, 6.45) is 0. The molecule has 0 atom stereocenters. The van der Waals surface area contributed by atoms with Crippen molar-refractivity contribution in [2.45, 2.75) is 26.4 Å². The molecule has 0 amide bonds. The molecule has 0 unspecified atom stereocenters. The molecule has 0 aliphatic heterocycles. The molecule has 0 heterocycles. The fourth-order valence-electron chi connectivity index (χ4n) is 1.15. The first-order valence-corrected chi connectivity index (χ1v) is 5.35. The average Bonchev–Trinajstić information content (AvgIpc) is 2.14. The predicted molar refractivity (Wildman–Crippen MR) is 63.6 cm³/mol. The van der Waals surface area contributed by atoms with Gasteiger partial charge < -0.3 is 9.84 Å². The van der Waals surface area contributed by atoms with E-state index >= 15 is 0 Å². The van der Waals surface area contributed by atoms with E-state index in [1.54, 1.807) is 20.8 Å². The van der Waals surface area contributed by atoms with Gasteiger partial charge in [-0.1, -0.05) is 11.6 Å². The lowest BCUT2D eigenvalue weighted by atomic mass is 10.1. The first-order chi connectivity index (χ1) is 7.70. The fourth-order valence-corrected chi connectivity index (χ4v) is 1.35. The SMILES string of the molecule is CC(C)(C)OC(=O)c1ccc(Cl)c(C(=O)O)c1. The molecule has 0 aliphatic carbocycles. The Labute approximate surface area is 104 Å². The quantitative estimate of drug-likeness (QED) is 0.826. The molecule has 0 radical (unpaired) electrons. The second kappa shape index (κ2) is 4.75. The van der Waals surface area contributed by atoms with Gasteiger partial charge in [-0.05, 0) is 39.0 Å². The Kier molecular flexibility index (Phi) is 3.78. The zero-order valence-electron chi connectivity index (χ0n) is 9.78. The zero-order valence-corrected chi connectivity index (χ0v) is 10.5. The number of ether oxygens (including phenoxy) is 1. The summed E-state index contributed by atoms with van der Waals surface area (Å²) in [7, 11) is 0. The minimum Gasteiger partial charge on any atom is -0.478 e. The summed E-state index contributed by atoms with van der Waals surface area (Å²) in [5.41, 5.74) is -0.572. The van der Waals surface area contributed by atoms with Crippen LogP contribution in [0.3, 0.4) is 0 Å². The molecule has 92 valence electrons. The number of carboxylic acids is 1. The van der Waals surface area contributed by atoms with E-state index in [4.69, 9.17) is 21.4 Å². The number of carboxylic acid groups (broad SMARTS) is 1. The maximum atomic E-state index is 11.7. The Morgan fingerprint density at radius 1 is 1.29 bits per heavy atom. The second-order valence-electron chi connectivity index (χ2n) is 4.50. The van der Waals surface area contributed by atoms with Gasteiger partial charge in [-0.15, -0.1) is 0 Å². The van der Waals surface area contributed by atoms with E-state index < -0.39 is 17.5 Å². The van der Waals surface area contributed by atoms with Crippen LogP contribution in [0.5, 0.6) is 0 Å². The summed E-state index contributed by atoms with van der Waals surface area (Å²) < 4.78 is 5.12. The molecule has 1 rings (SSSR count). The number of carbonyl (C=O) groups is 2. The van der Waals surface area contributed by atoms with Crippen LogP contribution in [0.15, 0.2) is 18.2 Å². The summed E-state index contributed by atoms with van der Waals surface area (Å²) >= 11 is 5.70. The fraction of sp³-hybridized carbons (Fsp3) is 0.333. The Balaban J connectivity index is 3.04. The number of hydrogen-bond acceptors (Lipinski definition) is 3. The third-order valence-corrected chi connectivity index (χ3v) is 2.16. The summed E-state index contributed by atoms with van der Waals surface area (Å²) in [5, 5.41) is 8.96. The maximum absolute atomic E-state index is 11.7. The van der Waals surface area contributed by atoms with Gasteiger partial charge in [0.25, 0.3) is 0 Å². The van der Waals surface area contributed by atoms with Crippen molar-refractivity contribution in [1.82, 2.24) is 0 Å². The van der Waals surface area contributed by atoms with Gasteiger partial charge in [0, 0.05) is 0 Å². The van der Waals surface area contributed by atoms with Gasteiger partial charge in [0.2, 0.25) is 0 Å². The van der Waals surface area contributed by atoms with Crippen molar-refractivity contribution < 1.29 is 19.4 Å². The molecule has 0 fully saturated rings. The molecule has 1 aromatic carbocycles. The Bertz CT molecular complexity index is 460. The molecule has 1 N–H and O–H groups in total. The highest BCUT2D eigenvalue weighted by atomic mass is 35.5. The van der Waals surface area contributed by atoms with Gasteiger partial charge in [-0.3, -0.25) is 0 Å². The molecule has 0 saturated carbocycles. The minimum atomic E-state index is -1.18. The first kappa shape index (κ1) is 13.5. The minimum absolute atomic E-state index is 0.0878. The Morgan fingerprint density at radius 2 is 1.88 bits per heavy atom. The Morgan fingerprint density at radius 3 is 2.35 bits per heavy atom. The number of benzene rings is 1. The normalized spacial score (nSPS) is 11.1. The van der Waals surface area contributed by atoms with Crippen molar-refractivity contribution in [2.24, 2.45) is 0 Å². The van der Waals surface area contributed by atoms with Crippen molar-refractivity contribution >= 4 is 23.5 Å². The van der Waals surface area contributed by atoms with E-state index in [0.717, 1.165) is 0 Å². The molecular weight excluding hydrogens is 244 g/mol. The lowest BCUT2D eigenvalue weighted by Gasteiger charge is -2.19. The summed E-state index contributed by atoms with van der Waals surface area (Å²) in [6.45, 7) is 5.21. The van der Waals surface area contributed by atoms with Crippen molar-refractivity contribution in [3.63, 3.8) is 0 Å². The molecule has 1 aromatic rings. The number of halogens is 1. The van der Waals surface area contributed by atoms with Crippen LogP contribution in [0.2, 0.25) is 5.02 Å². The molecule has 0 bridgehead atoms. The summed E-state index contributed by atoms with van der Waals surface area (Å²) in [5.74, 6) is -1.75. The van der Waals surface area contributed by atoms with Gasteiger partial charge in [0.05, 0.1) is 16.1 Å². The third kappa shape index (κ3) is 3.75. The number of rotatable bonds is 2. The van der Waals surface area contributed by atoms with Gasteiger partial charge in [0.15, 0.2) is 0 Å². The third-order valence-electron chi connectivity index (χ3n) is 1.83. The van der Waals surface area contributed by atoms with Crippen molar-refractivity contribution in [2.75, 3.05) is 0 Å².